The highest BCUT2D eigenvalue weighted by Crippen LogP contribution is 2.25. The number of fused-ring (bicyclic) bond motifs is 1. The van der Waals surface area contributed by atoms with Crippen molar-refractivity contribution in [1.82, 2.24) is 10.4 Å². The maximum atomic E-state index is 13.1. The van der Waals surface area contributed by atoms with Gasteiger partial charge in [0.1, 0.15) is 6.17 Å². The number of benzene rings is 3. The molecular formula is C23H18ClN3O2. The summed E-state index contributed by atoms with van der Waals surface area (Å²) in [4.78, 5) is 25.8. The molecule has 0 aliphatic carbocycles. The number of amides is 2. The zero-order chi connectivity index (χ0) is 20.2. The van der Waals surface area contributed by atoms with Crippen LogP contribution in [0.25, 0.3) is 6.08 Å². The summed E-state index contributed by atoms with van der Waals surface area (Å²) in [6.07, 6.45) is 3.19. The van der Waals surface area contributed by atoms with E-state index in [9.17, 15) is 9.59 Å². The molecule has 0 spiro atoms. The van der Waals surface area contributed by atoms with Crippen LogP contribution in [0.15, 0.2) is 84.9 Å². The Morgan fingerprint density at radius 2 is 1.66 bits per heavy atom. The van der Waals surface area contributed by atoms with Crippen molar-refractivity contribution in [3.8, 4) is 0 Å². The van der Waals surface area contributed by atoms with Gasteiger partial charge >= 0.3 is 0 Å². The predicted molar refractivity (Wildman–Crippen MR) is 114 cm³/mol. The highest BCUT2D eigenvalue weighted by molar-refractivity contribution is 6.30. The minimum absolute atomic E-state index is 0.288. The molecule has 5 nitrogen and oxygen atoms in total. The number of carbonyl (C=O) groups excluding carboxylic acids is 2. The number of para-hydroxylation sites is 1. The van der Waals surface area contributed by atoms with Crippen LogP contribution in [0.4, 0.5) is 5.69 Å². The van der Waals surface area contributed by atoms with E-state index in [1.54, 1.807) is 36.4 Å². The average molecular weight is 404 g/mol. The van der Waals surface area contributed by atoms with Crippen molar-refractivity contribution in [1.29, 1.82) is 0 Å². The van der Waals surface area contributed by atoms with Crippen LogP contribution in [0, 0.1) is 0 Å². The molecule has 0 saturated heterocycles. The van der Waals surface area contributed by atoms with Gasteiger partial charge in [0.2, 0.25) is 0 Å². The topological polar surface area (TPSA) is 61.4 Å². The monoisotopic (exact) mass is 403 g/mol. The van der Waals surface area contributed by atoms with Crippen molar-refractivity contribution < 1.29 is 9.59 Å². The van der Waals surface area contributed by atoms with Crippen molar-refractivity contribution in [2.24, 2.45) is 0 Å². The maximum Gasteiger partial charge on any atom is 0.276 e. The second-order valence-corrected chi connectivity index (χ2v) is 6.96. The second-order valence-electron chi connectivity index (χ2n) is 6.53. The molecule has 2 N–H and O–H groups in total. The molecule has 4 rings (SSSR count). The van der Waals surface area contributed by atoms with Crippen LogP contribution < -0.4 is 10.7 Å². The van der Waals surface area contributed by atoms with E-state index < -0.39 is 12.1 Å². The molecule has 3 aromatic rings. The maximum absolute atomic E-state index is 13.1. The molecule has 0 bridgehead atoms. The van der Waals surface area contributed by atoms with E-state index in [0.717, 1.165) is 11.3 Å². The largest absolute Gasteiger partial charge is 0.360 e. The number of nitrogens with zero attached hydrogens (tertiary/aromatic N) is 1. The van der Waals surface area contributed by atoms with Gasteiger partial charge in [-0.1, -0.05) is 60.1 Å². The lowest BCUT2D eigenvalue weighted by Crippen LogP contribution is -2.56. The molecule has 6 heteroatoms. The van der Waals surface area contributed by atoms with Gasteiger partial charge < -0.3 is 5.32 Å². The molecule has 3 aromatic carbocycles. The second kappa shape index (κ2) is 8.20. The quantitative estimate of drug-likeness (QED) is 0.669. The number of nitrogens with one attached hydrogen (secondary N) is 2. The van der Waals surface area contributed by atoms with Crippen LogP contribution in [0.3, 0.4) is 0 Å². The van der Waals surface area contributed by atoms with E-state index >= 15 is 0 Å². The van der Waals surface area contributed by atoms with Gasteiger partial charge in [-0.15, -0.1) is 0 Å². The zero-order valence-electron chi connectivity index (χ0n) is 15.4. The Balaban J connectivity index is 1.63. The third-order valence-electron chi connectivity index (χ3n) is 4.56. The van der Waals surface area contributed by atoms with Crippen molar-refractivity contribution in [2.75, 3.05) is 5.32 Å². The molecule has 0 aromatic heterocycles. The van der Waals surface area contributed by atoms with Gasteiger partial charge in [0.05, 0.1) is 5.56 Å². The molecule has 29 heavy (non-hydrogen) atoms. The summed E-state index contributed by atoms with van der Waals surface area (Å²) >= 11 is 5.89. The minimum Gasteiger partial charge on any atom is -0.360 e. The van der Waals surface area contributed by atoms with E-state index in [0.29, 0.717) is 16.1 Å². The average Bonchev–Trinajstić information content (AvgIpc) is 2.75. The minimum atomic E-state index is -0.547. The Kier molecular flexibility index (Phi) is 5.31. The lowest BCUT2D eigenvalue weighted by atomic mass is 10.1. The van der Waals surface area contributed by atoms with Gasteiger partial charge in [-0.05, 0) is 48.0 Å². The molecule has 144 valence electrons. The third-order valence-corrected chi connectivity index (χ3v) is 4.81. The summed E-state index contributed by atoms with van der Waals surface area (Å²) < 4.78 is 0. The van der Waals surface area contributed by atoms with Crippen molar-refractivity contribution in [3.05, 3.63) is 107 Å². The Labute approximate surface area is 173 Å². The Hall–Kier alpha value is -3.57. The predicted octanol–water partition coefficient (Wildman–Crippen LogP) is 4.59. The fourth-order valence-corrected chi connectivity index (χ4v) is 3.20. The molecule has 0 saturated carbocycles. The summed E-state index contributed by atoms with van der Waals surface area (Å²) in [5, 5.41) is 5.14. The van der Waals surface area contributed by atoms with Gasteiger partial charge in [0.25, 0.3) is 11.8 Å². The van der Waals surface area contributed by atoms with Gasteiger partial charge in [-0.3, -0.25) is 15.0 Å². The zero-order valence-corrected chi connectivity index (χ0v) is 16.1. The van der Waals surface area contributed by atoms with Crippen molar-refractivity contribution >= 4 is 35.2 Å². The lowest BCUT2D eigenvalue weighted by molar-refractivity contribution is 0.0535. The van der Waals surface area contributed by atoms with Gasteiger partial charge in [0, 0.05) is 16.3 Å². The number of anilines is 1. The van der Waals surface area contributed by atoms with Gasteiger partial charge in [0.15, 0.2) is 0 Å². The molecular weight excluding hydrogens is 386 g/mol. The molecule has 1 atom stereocenters. The molecule has 1 aliphatic rings. The van der Waals surface area contributed by atoms with E-state index in [2.05, 4.69) is 10.7 Å². The van der Waals surface area contributed by atoms with Crippen LogP contribution in [0.5, 0.6) is 0 Å². The fourth-order valence-electron chi connectivity index (χ4n) is 3.07. The van der Waals surface area contributed by atoms with Crippen LogP contribution in [0.1, 0.15) is 26.3 Å². The standard InChI is InChI=1S/C23H18ClN3O2/c24-18-13-11-17(12-14-18)22(28)26-27-21(15-10-16-6-2-1-3-7-16)25-20-9-5-4-8-19(20)23(27)29/h1-15,21,25H,(H,26,28)/b15-10+. The van der Waals surface area contributed by atoms with Crippen LogP contribution in [-0.2, 0) is 0 Å². The van der Waals surface area contributed by atoms with Crippen LogP contribution in [0.2, 0.25) is 5.02 Å². The van der Waals surface area contributed by atoms with E-state index in [4.69, 9.17) is 11.6 Å². The first-order valence-corrected chi connectivity index (χ1v) is 9.48. The first kappa shape index (κ1) is 18.8. The molecule has 2 amide bonds. The summed E-state index contributed by atoms with van der Waals surface area (Å²) in [5.41, 5.74) is 5.33. The number of hydrogen-bond donors (Lipinski definition) is 2. The molecule has 1 aliphatic heterocycles. The molecule has 1 heterocycles. The van der Waals surface area contributed by atoms with E-state index in [1.807, 2.05) is 54.6 Å². The smallest absolute Gasteiger partial charge is 0.276 e. The van der Waals surface area contributed by atoms with Crippen LogP contribution in [-0.4, -0.2) is 23.0 Å². The summed E-state index contributed by atoms with van der Waals surface area (Å²) in [6, 6.07) is 23.5. The Morgan fingerprint density at radius 3 is 2.41 bits per heavy atom. The van der Waals surface area contributed by atoms with Crippen molar-refractivity contribution in [3.63, 3.8) is 0 Å². The number of hydrogen-bond acceptors (Lipinski definition) is 3. The van der Waals surface area contributed by atoms with Crippen molar-refractivity contribution in [2.45, 2.75) is 6.17 Å². The fraction of sp³-hybridized carbons (Fsp3) is 0.0435. The van der Waals surface area contributed by atoms with Crippen LogP contribution >= 0.6 is 11.6 Å². The first-order chi connectivity index (χ1) is 14.1. The third kappa shape index (κ3) is 4.15. The SMILES string of the molecule is O=C(NN1C(=O)c2ccccc2NC1/C=C/c1ccccc1)c1ccc(Cl)cc1. The first-order valence-electron chi connectivity index (χ1n) is 9.11. The van der Waals surface area contributed by atoms with Gasteiger partial charge in [-0.25, -0.2) is 5.01 Å². The van der Waals surface area contributed by atoms with E-state index in [1.165, 1.54) is 5.01 Å². The van der Waals surface area contributed by atoms with E-state index in [-0.39, 0.29) is 5.91 Å². The normalized spacial score (nSPS) is 15.7. The number of rotatable bonds is 4. The number of carbonyl (C=O) groups is 2. The summed E-state index contributed by atoms with van der Waals surface area (Å²) in [5.74, 6) is -0.682. The molecule has 0 radical (unpaired) electrons. The Morgan fingerprint density at radius 1 is 0.966 bits per heavy atom. The van der Waals surface area contributed by atoms with Gasteiger partial charge in [-0.2, -0.15) is 0 Å². The molecule has 1 unspecified atom stereocenters. The highest BCUT2D eigenvalue weighted by atomic mass is 35.5. The highest BCUT2D eigenvalue weighted by Gasteiger charge is 2.32. The Bertz CT molecular complexity index is 1060. The lowest BCUT2D eigenvalue weighted by Gasteiger charge is -2.36. The summed E-state index contributed by atoms with van der Waals surface area (Å²) in [7, 11) is 0. The molecule has 0 fully saturated rings. The number of hydrazine groups is 1. The summed E-state index contributed by atoms with van der Waals surface area (Å²) in [6.45, 7) is 0. The number of halogens is 1.